The van der Waals surface area contributed by atoms with Crippen LogP contribution in [0.25, 0.3) is 0 Å². The van der Waals surface area contributed by atoms with Crippen LogP contribution in [0, 0.1) is 0 Å². The van der Waals surface area contributed by atoms with E-state index >= 15 is 0 Å². The minimum Gasteiger partial charge on any atom is -0.491 e. The van der Waals surface area contributed by atoms with E-state index in [4.69, 9.17) is 16.3 Å². The smallest absolute Gasteiger partial charge is 0.269 e. The van der Waals surface area contributed by atoms with E-state index < -0.39 is 15.9 Å². The van der Waals surface area contributed by atoms with Gasteiger partial charge >= 0.3 is 0 Å². The van der Waals surface area contributed by atoms with Crippen molar-refractivity contribution in [3.8, 4) is 5.75 Å². The SMILES string of the molecule is CC(C)Oc1ccc(CCCNS(=O)(=O)c2nnc(NC(=O)c3ccccc3Cl)s2)cc1. The maximum absolute atomic E-state index is 12.5. The number of aromatic nitrogens is 2. The maximum atomic E-state index is 12.5. The van der Waals surface area contributed by atoms with Crippen molar-refractivity contribution in [2.75, 3.05) is 11.9 Å². The molecule has 0 aliphatic carbocycles. The van der Waals surface area contributed by atoms with E-state index in [9.17, 15) is 13.2 Å². The monoisotopic (exact) mass is 494 g/mol. The minimum atomic E-state index is -3.83. The Labute approximate surface area is 196 Å². The summed E-state index contributed by atoms with van der Waals surface area (Å²) in [6, 6.07) is 14.3. The third-order valence-electron chi connectivity index (χ3n) is 4.20. The van der Waals surface area contributed by atoms with E-state index in [2.05, 4.69) is 20.2 Å². The molecule has 11 heteroatoms. The van der Waals surface area contributed by atoms with Gasteiger partial charge in [0.1, 0.15) is 5.75 Å². The fourth-order valence-corrected chi connectivity index (χ4v) is 4.98. The number of nitrogens with zero attached hydrogens (tertiary/aromatic N) is 2. The highest BCUT2D eigenvalue weighted by Gasteiger charge is 2.21. The predicted molar refractivity (Wildman–Crippen MR) is 125 cm³/mol. The van der Waals surface area contributed by atoms with Crippen LogP contribution in [0.15, 0.2) is 52.9 Å². The van der Waals surface area contributed by atoms with Gasteiger partial charge in [0.25, 0.3) is 15.9 Å². The molecule has 0 aliphatic heterocycles. The normalized spacial score (nSPS) is 11.5. The molecule has 0 unspecified atom stereocenters. The number of ether oxygens (including phenoxy) is 1. The molecule has 170 valence electrons. The molecule has 1 amide bonds. The van der Waals surface area contributed by atoms with Gasteiger partial charge in [-0.25, -0.2) is 13.1 Å². The van der Waals surface area contributed by atoms with Crippen molar-refractivity contribution in [2.45, 2.75) is 37.1 Å². The van der Waals surface area contributed by atoms with Crippen LogP contribution < -0.4 is 14.8 Å². The summed E-state index contributed by atoms with van der Waals surface area (Å²) in [6.07, 6.45) is 1.43. The molecule has 2 aromatic carbocycles. The first kappa shape index (κ1) is 24.1. The van der Waals surface area contributed by atoms with Gasteiger partial charge in [0.2, 0.25) is 9.47 Å². The second kappa shape index (κ2) is 10.9. The summed E-state index contributed by atoms with van der Waals surface area (Å²) in [6.45, 7) is 4.18. The third-order valence-corrected chi connectivity index (χ3v) is 7.20. The Bertz CT molecular complexity index is 1160. The molecule has 0 spiro atoms. The van der Waals surface area contributed by atoms with Gasteiger partial charge in [0.05, 0.1) is 16.7 Å². The van der Waals surface area contributed by atoms with Crippen molar-refractivity contribution in [1.82, 2.24) is 14.9 Å². The van der Waals surface area contributed by atoms with Gasteiger partial charge in [-0.2, -0.15) is 0 Å². The summed E-state index contributed by atoms with van der Waals surface area (Å²) in [5, 5.41) is 10.3. The van der Waals surface area contributed by atoms with Gasteiger partial charge in [-0.05, 0) is 56.5 Å². The Morgan fingerprint density at radius 2 is 1.84 bits per heavy atom. The molecule has 0 aliphatic rings. The van der Waals surface area contributed by atoms with Crippen molar-refractivity contribution in [2.24, 2.45) is 0 Å². The van der Waals surface area contributed by atoms with E-state index in [-0.39, 0.29) is 32.7 Å². The van der Waals surface area contributed by atoms with E-state index in [1.165, 1.54) is 0 Å². The average molecular weight is 495 g/mol. The number of rotatable bonds is 10. The minimum absolute atomic E-state index is 0.0685. The average Bonchev–Trinajstić information content (AvgIpc) is 3.22. The molecule has 8 nitrogen and oxygen atoms in total. The van der Waals surface area contributed by atoms with E-state index in [0.29, 0.717) is 12.8 Å². The molecule has 0 bridgehead atoms. The molecule has 3 aromatic rings. The molecular weight excluding hydrogens is 472 g/mol. The lowest BCUT2D eigenvalue weighted by Gasteiger charge is -2.10. The molecule has 1 heterocycles. The summed E-state index contributed by atoms with van der Waals surface area (Å²) < 4.78 is 32.8. The van der Waals surface area contributed by atoms with Crippen LogP contribution >= 0.6 is 22.9 Å². The Hall–Kier alpha value is -2.53. The number of amides is 1. The molecule has 2 N–H and O–H groups in total. The highest BCUT2D eigenvalue weighted by atomic mass is 35.5. The fraction of sp³-hybridized carbons (Fsp3) is 0.286. The summed E-state index contributed by atoms with van der Waals surface area (Å²) >= 11 is 6.77. The number of sulfonamides is 1. The van der Waals surface area contributed by atoms with Crippen LogP contribution in [0.2, 0.25) is 5.02 Å². The van der Waals surface area contributed by atoms with Crippen molar-refractivity contribution in [1.29, 1.82) is 0 Å². The van der Waals surface area contributed by atoms with Crippen molar-refractivity contribution in [3.63, 3.8) is 0 Å². The van der Waals surface area contributed by atoms with Crippen LogP contribution in [-0.4, -0.2) is 37.2 Å². The van der Waals surface area contributed by atoms with Crippen LogP contribution in [0.5, 0.6) is 5.75 Å². The second-order valence-electron chi connectivity index (χ2n) is 7.12. The lowest BCUT2D eigenvalue weighted by molar-refractivity contribution is 0.102. The van der Waals surface area contributed by atoms with Crippen LogP contribution in [0.4, 0.5) is 5.13 Å². The number of hydrogen-bond acceptors (Lipinski definition) is 7. The largest absolute Gasteiger partial charge is 0.491 e. The standard InChI is InChI=1S/C21H23ClN4O4S2/c1-14(2)30-16-11-9-15(10-12-16)6-5-13-23-32(28,29)21-26-25-20(31-21)24-19(27)17-7-3-4-8-18(17)22/h3-4,7-12,14,23H,5-6,13H2,1-2H3,(H,24,25,27). The van der Waals surface area contributed by atoms with Crippen LogP contribution in [0.3, 0.4) is 0 Å². The number of hydrogen-bond donors (Lipinski definition) is 2. The predicted octanol–water partition coefficient (Wildman–Crippen LogP) is 4.14. The third kappa shape index (κ3) is 6.73. The molecule has 1 aromatic heterocycles. The first-order valence-electron chi connectivity index (χ1n) is 9.89. The maximum Gasteiger partial charge on any atom is 0.269 e. The summed E-state index contributed by atoms with van der Waals surface area (Å²) in [5.41, 5.74) is 1.34. The number of benzene rings is 2. The van der Waals surface area contributed by atoms with Crippen molar-refractivity contribution >= 4 is 44.0 Å². The molecule has 0 saturated carbocycles. The second-order valence-corrected chi connectivity index (χ2v) is 10.4. The van der Waals surface area contributed by atoms with E-state index in [0.717, 1.165) is 22.6 Å². The number of aryl methyl sites for hydroxylation is 1. The lowest BCUT2D eigenvalue weighted by Crippen LogP contribution is -2.25. The summed E-state index contributed by atoms with van der Waals surface area (Å²) in [4.78, 5) is 12.3. The topological polar surface area (TPSA) is 110 Å². The van der Waals surface area contributed by atoms with Crippen LogP contribution in [-0.2, 0) is 16.4 Å². The summed E-state index contributed by atoms with van der Waals surface area (Å²) in [7, 11) is -3.83. The zero-order chi connectivity index (χ0) is 23.1. The molecule has 32 heavy (non-hydrogen) atoms. The van der Waals surface area contributed by atoms with E-state index in [1.807, 2.05) is 38.1 Å². The van der Waals surface area contributed by atoms with Crippen molar-refractivity contribution in [3.05, 3.63) is 64.7 Å². The molecule has 0 radical (unpaired) electrons. The Balaban J connectivity index is 1.50. The number of nitrogens with one attached hydrogen (secondary N) is 2. The van der Waals surface area contributed by atoms with Gasteiger partial charge in [0, 0.05) is 6.54 Å². The number of carbonyl (C=O) groups is 1. The number of anilines is 1. The van der Waals surface area contributed by atoms with Gasteiger partial charge in [-0.15, -0.1) is 10.2 Å². The van der Waals surface area contributed by atoms with Gasteiger partial charge < -0.3 is 4.74 Å². The quantitative estimate of drug-likeness (QED) is 0.323. The highest BCUT2D eigenvalue weighted by Crippen LogP contribution is 2.22. The molecule has 0 atom stereocenters. The van der Waals surface area contributed by atoms with Gasteiger partial charge in [-0.3, -0.25) is 10.1 Å². The highest BCUT2D eigenvalue weighted by molar-refractivity contribution is 7.91. The molecular formula is C21H23ClN4O4S2. The Morgan fingerprint density at radius 1 is 1.12 bits per heavy atom. The van der Waals surface area contributed by atoms with E-state index in [1.54, 1.807) is 24.3 Å². The van der Waals surface area contributed by atoms with Crippen molar-refractivity contribution < 1.29 is 17.9 Å². The number of carbonyl (C=O) groups excluding carboxylic acids is 1. The first-order chi connectivity index (χ1) is 15.2. The number of halogens is 1. The summed E-state index contributed by atoms with van der Waals surface area (Å²) in [5.74, 6) is 0.312. The molecule has 0 saturated heterocycles. The Kier molecular flexibility index (Phi) is 8.19. The van der Waals surface area contributed by atoms with Gasteiger partial charge in [0.15, 0.2) is 0 Å². The first-order valence-corrected chi connectivity index (χ1v) is 12.6. The zero-order valence-electron chi connectivity index (χ0n) is 17.5. The lowest BCUT2D eigenvalue weighted by atomic mass is 10.1. The molecule has 3 rings (SSSR count). The fourth-order valence-electron chi connectivity index (χ4n) is 2.75. The van der Waals surface area contributed by atoms with Gasteiger partial charge in [-0.1, -0.05) is 47.2 Å². The Morgan fingerprint density at radius 3 is 2.53 bits per heavy atom. The molecule has 0 fully saturated rings. The zero-order valence-corrected chi connectivity index (χ0v) is 19.9. The van der Waals surface area contributed by atoms with Crippen LogP contribution in [0.1, 0.15) is 36.2 Å².